The number of benzene rings is 1. The number of hydrogen-bond donors (Lipinski definition) is 2. The summed E-state index contributed by atoms with van der Waals surface area (Å²) >= 11 is 0. The normalized spacial score (nSPS) is 15.8. The Labute approximate surface area is 168 Å². The number of methoxy groups -OCH3 is 1. The van der Waals surface area contributed by atoms with E-state index < -0.39 is 0 Å². The van der Waals surface area contributed by atoms with Crippen LogP contribution in [0.1, 0.15) is 0 Å². The number of nitrogens with zero attached hydrogens (tertiary/aromatic N) is 6. The van der Waals surface area contributed by atoms with Crippen LogP contribution in [-0.4, -0.2) is 50.9 Å². The third-order valence-corrected chi connectivity index (χ3v) is 4.41. The van der Waals surface area contributed by atoms with Gasteiger partial charge in [0, 0.05) is 38.4 Å². The van der Waals surface area contributed by atoms with Crippen molar-refractivity contribution < 1.29 is 4.74 Å². The van der Waals surface area contributed by atoms with E-state index >= 15 is 0 Å². The van der Waals surface area contributed by atoms with Gasteiger partial charge in [0.25, 0.3) is 0 Å². The molecule has 0 radical (unpaired) electrons. The van der Waals surface area contributed by atoms with Crippen LogP contribution in [0, 0.1) is 0 Å². The smallest absolute Gasteiger partial charge is 0.198 e. The second kappa shape index (κ2) is 8.01. The number of aromatic nitrogens is 4. The topological polar surface area (TPSA) is 92.5 Å². The maximum atomic E-state index is 5.66. The minimum atomic E-state index is -0.253. The number of ether oxygens (including phenoxy) is 1. The van der Waals surface area contributed by atoms with Gasteiger partial charge in [0.05, 0.1) is 18.4 Å². The highest BCUT2D eigenvalue weighted by Gasteiger charge is 2.18. The number of para-hydroxylation sites is 1. The number of rotatable bonds is 5. The highest BCUT2D eigenvalue weighted by Crippen LogP contribution is 2.34. The Balaban J connectivity index is 1.60. The van der Waals surface area contributed by atoms with Crippen LogP contribution >= 0.6 is 0 Å². The summed E-state index contributed by atoms with van der Waals surface area (Å²) in [6.45, 7) is 0. The van der Waals surface area contributed by atoms with Crippen LogP contribution in [0.25, 0.3) is 11.4 Å². The van der Waals surface area contributed by atoms with E-state index in [1.54, 1.807) is 30.5 Å². The monoisotopic (exact) mass is 390 g/mol. The van der Waals surface area contributed by atoms with Gasteiger partial charge in [-0.1, -0.05) is 6.07 Å². The summed E-state index contributed by atoms with van der Waals surface area (Å²) in [6.07, 6.45) is 8.77. The molecule has 2 N–H and O–H groups in total. The van der Waals surface area contributed by atoms with Gasteiger partial charge in [-0.05, 0) is 30.3 Å². The zero-order valence-corrected chi connectivity index (χ0v) is 16.4. The lowest BCUT2D eigenvalue weighted by molar-refractivity contribution is 0.368. The number of anilines is 2. The number of nitrogens with one attached hydrogen (secondary N) is 2. The summed E-state index contributed by atoms with van der Waals surface area (Å²) in [7, 11) is 5.43. The van der Waals surface area contributed by atoms with E-state index in [9.17, 15) is 0 Å². The van der Waals surface area contributed by atoms with Crippen molar-refractivity contribution in [1.29, 1.82) is 0 Å². The number of pyridine rings is 1. The van der Waals surface area contributed by atoms with Crippen molar-refractivity contribution >= 4 is 17.2 Å². The molecule has 9 heteroatoms. The fraction of sp³-hybridized carbons (Fsp3) is 0.200. The molecule has 3 heterocycles. The Morgan fingerprint density at radius 1 is 1.10 bits per heavy atom. The lowest BCUT2D eigenvalue weighted by atomic mass is 10.1. The molecule has 0 saturated carbocycles. The predicted octanol–water partition coefficient (Wildman–Crippen LogP) is 2.55. The molecule has 9 nitrogen and oxygen atoms in total. The van der Waals surface area contributed by atoms with Crippen molar-refractivity contribution in [3.63, 3.8) is 0 Å². The van der Waals surface area contributed by atoms with E-state index in [1.807, 2.05) is 61.6 Å². The van der Waals surface area contributed by atoms with Crippen molar-refractivity contribution in [2.75, 3.05) is 24.8 Å². The first-order valence-electron chi connectivity index (χ1n) is 9.08. The summed E-state index contributed by atoms with van der Waals surface area (Å²) < 4.78 is 7.32. The zero-order chi connectivity index (χ0) is 20.2. The summed E-state index contributed by atoms with van der Waals surface area (Å²) in [4.78, 5) is 15.1. The first-order chi connectivity index (χ1) is 14.1. The third-order valence-electron chi connectivity index (χ3n) is 4.41. The highest BCUT2D eigenvalue weighted by atomic mass is 16.5. The van der Waals surface area contributed by atoms with Gasteiger partial charge in [-0.3, -0.25) is 9.67 Å². The fourth-order valence-electron chi connectivity index (χ4n) is 2.97. The van der Waals surface area contributed by atoms with Gasteiger partial charge in [-0.15, -0.1) is 0 Å². The molecule has 3 aromatic rings. The predicted molar refractivity (Wildman–Crippen MR) is 113 cm³/mol. The molecule has 0 amide bonds. The maximum absolute atomic E-state index is 5.66. The highest BCUT2D eigenvalue weighted by molar-refractivity contribution is 6.05. The molecule has 2 aromatic heterocycles. The second-order valence-electron chi connectivity index (χ2n) is 6.50. The third kappa shape index (κ3) is 4.03. The van der Waals surface area contributed by atoms with Crippen molar-refractivity contribution in [3.8, 4) is 17.1 Å². The van der Waals surface area contributed by atoms with Crippen LogP contribution in [0.3, 0.4) is 0 Å². The molecule has 1 unspecified atom stereocenters. The van der Waals surface area contributed by atoms with Crippen LogP contribution < -0.4 is 15.4 Å². The minimum Gasteiger partial charge on any atom is -0.494 e. The molecule has 29 heavy (non-hydrogen) atoms. The Hall–Kier alpha value is -3.88. The molecular formula is C20H22N8O. The van der Waals surface area contributed by atoms with Crippen LogP contribution in [0.5, 0.6) is 5.75 Å². The molecule has 1 aliphatic heterocycles. The van der Waals surface area contributed by atoms with E-state index in [1.165, 1.54) is 0 Å². The molecule has 148 valence electrons. The van der Waals surface area contributed by atoms with Crippen LogP contribution in [0.2, 0.25) is 0 Å². The van der Waals surface area contributed by atoms with Crippen LogP contribution in [-0.2, 0) is 7.05 Å². The summed E-state index contributed by atoms with van der Waals surface area (Å²) in [6, 6.07) is 9.61. The first kappa shape index (κ1) is 18.5. The number of aryl methyl sites for hydroxylation is 1. The number of aliphatic imine (C=N–C) groups is 1. The van der Waals surface area contributed by atoms with Gasteiger partial charge in [-0.2, -0.15) is 5.10 Å². The van der Waals surface area contributed by atoms with Gasteiger partial charge in [0.1, 0.15) is 12.2 Å². The van der Waals surface area contributed by atoms with Gasteiger partial charge in [-0.25, -0.2) is 9.98 Å². The zero-order valence-electron chi connectivity index (χ0n) is 16.4. The number of hydrogen-bond acceptors (Lipinski definition) is 8. The summed E-state index contributed by atoms with van der Waals surface area (Å²) in [5.41, 5.74) is 2.53. The van der Waals surface area contributed by atoms with Crippen molar-refractivity contribution in [3.05, 3.63) is 61.3 Å². The molecule has 1 aromatic carbocycles. The van der Waals surface area contributed by atoms with Crippen LogP contribution in [0.15, 0.2) is 66.3 Å². The van der Waals surface area contributed by atoms with Gasteiger partial charge in [0.2, 0.25) is 0 Å². The molecule has 0 aliphatic carbocycles. The molecular weight excluding hydrogens is 368 g/mol. The first-order valence-corrected chi connectivity index (χ1v) is 9.08. The molecule has 1 aliphatic rings. The summed E-state index contributed by atoms with van der Waals surface area (Å²) in [5.74, 6) is 1.97. The minimum absolute atomic E-state index is 0.253. The fourth-order valence-corrected chi connectivity index (χ4v) is 2.97. The molecule has 0 spiro atoms. The number of amidine groups is 1. The lowest BCUT2D eigenvalue weighted by Gasteiger charge is -2.29. The molecule has 0 bridgehead atoms. The van der Waals surface area contributed by atoms with E-state index in [-0.39, 0.29) is 6.29 Å². The van der Waals surface area contributed by atoms with E-state index in [4.69, 9.17) is 9.73 Å². The molecule has 4 rings (SSSR count). The Bertz CT molecular complexity index is 1040. The van der Waals surface area contributed by atoms with E-state index in [0.717, 1.165) is 16.9 Å². The largest absolute Gasteiger partial charge is 0.494 e. The van der Waals surface area contributed by atoms with E-state index in [2.05, 4.69) is 25.7 Å². The maximum Gasteiger partial charge on any atom is 0.198 e. The Morgan fingerprint density at radius 3 is 2.66 bits per heavy atom. The van der Waals surface area contributed by atoms with E-state index in [0.29, 0.717) is 17.4 Å². The average molecular weight is 390 g/mol. The quantitative estimate of drug-likeness (QED) is 0.692. The lowest BCUT2D eigenvalue weighted by Crippen LogP contribution is -2.37. The Kier molecular flexibility index (Phi) is 5.10. The van der Waals surface area contributed by atoms with Crippen molar-refractivity contribution in [1.82, 2.24) is 24.6 Å². The van der Waals surface area contributed by atoms with Crippen molar-refractivity contribution in [2.45, 2.75) is 6.29 Å². The van der Waals surface area contributed by atoms with Crippen LogP contribution in [0.4, 0.5) is 11.4 Å². The molecule has 0 saturated heterocycles. The standard InChI is InChI=1S/C20H22N8O/c1-27-12-9-17(25-20(27)23-14-7-10-21-11-8-14)24-16-6-4-5-15(18(16)29-3)19-22-13-28(2)26-19/h4-13,20H,1-3H3,(H,21,23)(H,24,25). The van der Waals surface area contributed by atoms with Gasteiger partial charge >= 0.3 is 0 Å². The molecule has 1 atom stereocenters. The summed E-state index contributed by atoms with van der Waals surface area (Å²) in [5, 5.41) is 11.1. The second-order valence-corrected chi connectivity index (χ2v) is 6.50. The van der Waals surface area contributed by atoms with Gasteiger partial charge in [0.15, 0.2) is 17.9 Å². The van der Waals surface area contributed by atoms with Gasteiger partial charge < -0.3 is 20.3 Å². The SMILES string of the molecule is COc1c(NC2=NC(Nc3ccncc3)N(C)C=C2)cccc1-c1ncn(C)n1. The Morgan fingerprint density at radius 2 is 1.93 bits per heavy atom. The average Bonchev–Trinajstić information content (AvgIpc) is 3.17. The van der Waals surface area contributed by atoms with Crippen molar-refractivity contribution in [2.24, 2.45) is 12.0 Å². The molecule has 0 fully saturated rings.